The predicted octanol–water partition coefficient (Wildman–Crippen LogP) is 5.18. The van der Waals surface area contributed by atoms with Crippen LogP contribution in [-0.2, 0) is 16.9 Å². The summed E-state index contributed by atoms with van der Waals surface area (Å²) in [6, 6.07) is 16.6. The lowest BCUT2D eigenvalue weighted by Gasteiger charge is -2.27. The third-order valence-corrected chi connectivity index (χ3v) is 7.24. The van der Waals surface area contributed by atoms with Gasteiger partial charge < -0.3 is 20.1 Å². The van der Waals surface area contributed by atoms with Crippen LogP contribution in [0, 0.1) is 23.0 Å². The van der Waals surface area contributed by atoms with Gasteiger partial charge in [-0.15, -0.1) is 0 Å². The van der Waals surface area contributed by atoms with Crippen molar-refractivity contribution >= 4 is 6.09 Å². The Kier molecular flexibility index (Phi) is 6.16. The monoisotopic (exact) mass is 493 g/mol. The smallest absolute Gasteiger partial charge is 0.408 e. The molecule has 1 aromatic heterocycles. The Morgan fingerprint density at radius 1 is 1.14 bits per heavy atom. The van der Waals surface area contributed by atoms with Gasteiger partial charge in [-0.3, -0.25) is 0 Å². The first kappa shape index (κ1) is 24.2. The van der Waals surface area contributed by atoms with E-state index in [1.54, 1.807) is 12.1 Å². The summed E-state index contributed by atoms with van der Waals surface area (Å²) in [5, 5.41) is 6.27. The lowest BCUT2D eigenvalue weighted by atomic mass is 9.93. The second-order valence-corrected chi connectivity index (χ2v) is 10.3. The number of halogens is 2. The van der Waals surface area contributed by atoms with Gasteiger partial charge in [-0.2, -0.15) is 0 Å². The second-order valence-electron chi connectivity index (χ2n) is 10.3. The molecule has 2 fully saturated rings. The number of carbonyl (C=O) groups is 1. The molecule has 2 aromatic carbocycles. The van der Waals surface area contributed by atoms with Crippen molar-refractivity contribution in [2.24, 2.45) is 11.3 Å². The molecule has 2 N–H and O–H groups in total. The lowest BCUT2D eigenvalue weighted by Crippen LogP contribution is -2.41. The average molecular weight is 494 g/mol. The summed E-state index contributed by atoms with van der Waals surface area (Å²) in [6.07, 6.45) is -0.556. The first-order valence-corrected chi connectivity index (χ1v) is 12.0. The molecule has 0 unspecified atom stereocenters. The summed E-state index contributed by atoms with van der Waals surface area (Å²) in [5.41, 5.74) is 1.58. The van der Waals surface area contributed by atoms with E-state index in [4.69, 9.17) is 9.47 Å². The van der Waals surface area contributed by atoms with Crippen LogP contribution in [0.3, 0.4) is 0 Å². The Morgan fingerprint density at radius 2 is 1.92 bits per heavy atom. The molecule has 1 aliphatic heterocycles. The number of nitrogens with zero attached hydrogens (tertiary/aromatic N) is 1. The number of alkyl carbamates (subject to hydrolysis) is 1. The maximum atomic E-state index is 14.0. The summed E-state index contributed by atoms with van der Waals surface area (Å²) in [6.45, 7) is 7.75. The van der Waals surface area contributed by atoms with E-state index in [2.05, 4.69) is 22.5 Å². The van der Waals surface area contributed by atoms with Crippen LogP contribution in [0.5, 0.6) is 5.88 Å². The topological polar surface area (TPSA) is 72.5 Å². The molecule has 3 atom stereocenters. The Morgan fingerprint density at radius 3 is 2.61 bits per heavy atom. The zero-order valence-corrected chi connectivity index (χ0v) is 20.5. The molecule has 188 valence electrons. The molecule has 0 spiro atoms. The summed E-state index contributed by atoms with van der Waals surface area (Å²) in [7, 11) is 0. The van der Waals surface area contributed by atoms with Crippen molar-refractivity contribution in [3.8, 4) is 17.1 Å². The third-order valence-electron chi connectivity index (χ3n) is 7.24. The van der Waals surface area contributed by atoms with Crippen molar-refractivity contribution in [1.82, 2.24) is 15.6 Å². The van der Waals surface area contributed by atoms with Crippen LogP contribution >= 0.6 is 0 Å². The van der Waals surface area contributed by atoms with Gasteiger partial charge in [-0.05, 0) is 49.2 Å². The normalized spacial score (nSPS) is 22.6. The van der Waals surface area contributed by atoms with Crippen molar-refractivity contribution in [2.45, 2.75) is 39.0 Å². The predicted molar refractivity (Wildman–Crippen MR) is 131 cm³/mol. The minimum atomic E-state index is -0.959. The molecule has 1 saturated carbocycles. The number of benzene rings is 2. The van der Waals surface area contributed by atoms with Gasteiger partial charge in [-0.25, -0.2) is 18.6 Å². The molecule has 1 saturated heterocycles. The Balaban J connectivity index is 1.40. The van der Waals surface area contributed by atoms with Crippen LogP contribution in [0.25, 0.3) is 11.3 Å². The van der Waals surface area contributed by atoms with Gasteiger partial charge in [0, 0.05) is 36.1 Å². The number of nitrogens with one attached hydrogen (secondary N) is 2. The zero-order valence-electron chi connectivity index (χ0n) is 20.5. The molecule has 6 nitrogen and oxygen atoms in total. The highest BCUT2D eigenvalue weighted by Crippen LogP contribution is 2.56. The highest BCUT2D eigenvalue weighted by molar-refractivity contribution is 5.69. The fourth-order valence-corrected chi connectivity index (χ4v) is 4.85. The van der Waals surface area contributed by atoms with Crippen LogP contribution in [-0.4, -0.2) is 30.3 Å². The van der Waals surface area contributed by atoms with E-state index in [0.29, 0.717) is 28.6 Å². The zero-order chi connectivity index (χ0) is 25.5. The molecule has 0 bridgehead atoms. The summed E-state index contributed by atoms with van der Waals surface area (Å²) >= 11 is 0. The van der Waals surface area contributed by atoms with Crippen LogP contribution in [0.1, 0.15) is 31.9 Å². The van der Waals surface area contributed by atoms with E-state index in [1.165, 1.54) is 6.07 Å². The number of hydrogen-bond donors (Lipinski definition) is 2. The molecule has 2 aliphatic rings. The van der Waals surface area contributed by atoms with Gasteiger partial charge in [0.1, 0.15) is 12.7 Å². The van der Waals surface area contributed by atoms with Gasteiger partial charge in [0.25, 0.3) is 0 Å². The number of pyridine rings is 1. The highest BCUT2D eigenvalue weighted by atomic mass is 19.2. The maximum Gasteiger partial charge on any atom is 0.408 e. The third kappa shape index (κ3) is 4.78. The minimum absolute atomic E-state index is 0.0196. The first-order valence-electron chi connectivity index (χ1n) is 12.0. The lowest BCUT2D eigenvalue weighted by molar-refractivity contribution is 0.129. The molecular weight excluding hydrogens is 464 g/mol. The number of carbonyl (C=O) groups excluding carboxylic acids is 1. The van der Waals surface area contributed by atoms with Crippen molar-refractivity contribution in [2.75, 3.05) is 13.1 Å². The quantitative estimate of drug-likeness (QED) is 0.475. The van der Waals surface area contributed by atoms with E-state index in [0.717, 1.165) is 30.8 Å². The second kappa shape index (κ2) is 9.17. The van der Waals surface area contributed by atoms with Crippen LogP contribution in [0.4, 0.5) is 13.6 Å². The number of amides is 1. The summed E-state index contributed by atoms with van der Waals surface area (Å²) in [4.78, 5) is 17.2. The fourth-order valence-electron chi connectivity index (χ4n) is 4.85. The fraction of sp³-hybridized carbons (Fsp3) is 0.357. The average Bonchev–Trinajstić information content (AvgIpc) is 3.18. The Hall–Kier alpha value is -3.52. The van der Waals surface area contributed by atoms with Crippen molar-refractivity contribution < 1.29 is 23.0 Å². The van der Waals surface area contributed by atoms with E-state index in [9.17, 15) is 13.6 Å². The molecule has 3 aromatic rings. The Labute approximate surface area is 209 Å². The minimum Gasteiger partial charge on any atom is -0.473 e. The van der Waals surface area contributed by atoms with Crippen LogP contribution in [0.15, 0.2) is 60.7 Å². The maximum absolute atomic E-state index is 14.0. The molecule has 8 heteroatoms. The summed E-state index contributed by atoms with van der Waals surface area (Å²) in [5.74, 6) is -1.12. The number of aromatic nitrogens is 1. The molecule has 5 rings (SSSR count). The number of hydrogen-bond acceptors (Lipinski definition) is 5. The molecule has 0 radical (unpaired) electrons. The standard InChI is InChI=1S/C28H29F2N3O3/c1-27(2,33-26(34)35-15-17-7-5-4-6-8-17)19-12-23(18-9-10-21(29)22(30)11-18)32-24(13-19)36-25-20-14-31-16-28(20,25)3/h4-13,20,25,31H,14-16H2,1-3H3,(H,33,34)/t20-,25-,28-/m0/s1. The van der Waals surface area contributed by atoms with Crippen molar-refractivity contribution in [3.05, 3.63) is 83.4 Å². The molecule has 1 amide bonds. The molecule has 2 heterocycles. The van der Waals surface area contributed by atoms with Crippen LogP contribution < -0.4 is 15.4 Å². The number of fused-ring (bicyclic) bond motifs is 1. The number of piperidine rings is 1. The number of ether oxygens (including phenoxy) is 2. The molecule has 36 heavy (non-hydrogen) atoms. The van der Waals surface area contributed by atoms with Gasteiger partial charge in [0.2, 0.25) is 5.88 Å². The number of rotatable bonds is 7. The van der Waals surface area contributed by atoms with E-state index < -0.39 is 23.3 Å². The largest absolute Gasteiger partial charge is 0.473 e. The van der Waals surface area contributed by atoms with Gasteiger partial charge >= 0.3 is 6.09 Å². The summed E-state index contributed by atoms with van der Waals surface area (Å²) < 4.78 is 39.3. The van der Waals surface area contributed by atoms with Gasteiger partial charge in [-0.1, -0.05) is 37.3 Å². The first-order chi connectivity index (χ1) is 17.2. The van der Waals surface area contributed by atoms with Crippen molar-refractivity contribution in [3.63, 3.8) is 0 Å². The van der Waals surface area contributed by atoms with E-state index in [1.807, 2.05) is 44.2 Å². The van der Waals surface area contributed by atoms with Crippen LogP contribution in [0.2, 0.25) is 0 Å². The Bertz CT molecular complexity index is 1280. The van der Waals surface area contributed by atoms with E-state index in [-0.39, 0.29) is 18.1 Å². The van der Waals surface area contributed by atoms with Crippen molar-refractivity contribution in [1.29, 1.82) is 0 Å². The SMILES string of the molecule is CC(C)(NC(=O)OCc1ccccc1)c1cc(O[C@H]2[C@@H]3CNC[C@@]32C)nc(-c2ccc(F)c(F)c2)c1. The van der Waals surface area contributed by atoms with E-state index >= 15 is 0 Å². The van der Waals surface area contributed by atoms with Gasteiger partial charge in [0.05, 0.1) is 11.2 Å². The highest BCUT2D eigenvalue weighted by Gasteiger charge is 2.66. The molecule has 1 aliphatic carbocycles. The van der Waals surface area contributed by atoms with Gasteiger partial charge in [0.15, 0.2) is 11.6 Å². The molecular formula is C28H29F2N3O3.